The van der Waals surface area contributed by atoms with Gasteiger partial charge in [-0.1, -0.05) is 39.8 Å². The van der Waals surface area contributed by atoms with Gasteiger partial charge < -0.3 is 31.5 Å². The number of phenolic OH excluding ortho intramolecular Hbond substituents is 2. The minimum atomic E-state index is -5.35. The van der Waals surface area contributed by atoms with Gasteiger partial charge in [-0.05, 0) is 149 Å². The van der Waals surface area contributed by atoms with E-state index < -0.39 is 176 Å². The molecule has 38 nitrogen and oxygen atoms in total. The van der Waals surface area contributed by atoms with E-state index in [2.05, 4.69) is 75.8 Å². The highest BCUT2D eigenvalue weighted by Gasteiger charge is 2.35. The number of aromatic hydroxyl groups is 2. The number of hydrogen-bond donors (Lipinski definition) is 11. The number of anilines is 7. The fourth-order valence-electron chi connectivity index (χ4n) is 9.68. The van der Waals surface area contributed by atoms with Crippen LogP contribution in [0.5, 0.6) is 11.5 Å². The molecule has 1 aliphatic carbocycles. The number of halogens is 2. The van der Waals surface area contributed by atoms with Crippen LogP contribution in [0.1, 0.15) is 23.6 Å². The second kappa shape index (κ2) is 31.6. The Labute approximate surface area is 619 Å². The zero-order valence-corrected chi connectivity index (χ0v) is 62.3. The Balaban J connectivity index is 0.775. The molecule has 0 spiro atoms. The third-order valence-electron chi connectivity index (χ3n) is 14.4. The van der Waals surface area contributed by atoms with Crippen molar-refractivity contribution in [2.24, 2.45) is 20.5 Å². The van der Waals surface area contributed by atoms with E-state index in [1.54, 1.807) is 30.3 Å². The van der Waals surface area contributed by atoms with Crippen molar-refractivity contribution in [2.75, 3.05) is 56.6 Å². The Morgan fingerprint density at radius 3 is 1.42 bits per heavy atom. The third-order valence-corrected chi connectivity index (χ3v) is 26.8. The van der Waals surface area contributed by atoms with Crippen LogP contribution >= 0.6 is 44.8 Å². The molecule has 0 saturated carbocycles. The molecule has 10 rings (SSSR count). The molecule has 0 fully saturated rings. The predicted octanol–water partition coefficient (Wildman–Crippen LogP) is 9.74. The standard InChI is InChI=1S/C56H48Cl2N14O24S10/c57-51-63-53(59-32-4-2-1-3-5-32)67-55(65-51)61-41-28-39(102(81,82)83)24-30-26-43(104(87,88)89)47(49(73)45(30)41)71-69-34-8-14-37(15-9-34)100(77,78)22-19-97-98-20-23-101(79,80)38-16-10-35(11-17-38)70-72-48-44(105(90,91)92)27-31-25-40(103(84,85)86)29-42(46(31)50(48)74)62-56-66-52(58)64-54(68-56)60-33-6-12-36(13-7-33)99(75,76)21-18-96-106(93,94)95/h1-17,24-28,42,73-74H,18-23,29H2,(H,81,82,83)(H,84,85,86)(H,87,88,89)(H,90,91,92)(H,93,94,95)(H2,59,61,63,65,67)(H2,60,62,64,66,68). The van der Waals surface area contributed by atoms with Gasteiger partial charge in [0.1, 0.15) is 26.9 Å². The number of nitrogens with zero attached hydrogens (tertiary/aromatic N) is 10. The Kier molecular flexibility index (Phi) is 23.7. The molecule has 560 valence electrons. The highest BCUT2D eigenvalue weighted by Crippen LogP contribution is 2.49. The largest absolute Gasteiger partial charge is 0.505 e. The molecule has 50 heteroatoms. The maximum Gasteiger partial charge on any atom is 0.397 e. The molecule has 7 aromatic carbocycles. The van der Waals surface area contributed by atoms with Crippen LogP contribution in [-0.4, -0.2) is 166 Å². The van der Waals surface area contributed by atoms with Crippen molar-refractivity contribution in [2.45, 2.75) is 41.8 Å². The number of fused-ring (bicyclic) bond motifs is 2. The van der Waals surface area contributed by atoms with Crippen LogP contribution in [0.4, 0.5) is 63.6 Å². The predicted molar refractivity (Wildman–Crippen MR) is 386 cm³/mol. The van der Waals surface area contributed by atoms with Crippen molar-refractivity contribution in [3.63, 3.8) is 0 Å². The van der Waals surface area contributed by atoms with Gasteiger partial charge in [0.15, 0.2) is 35.3 Å². The SMILES string of the molecule is O=S(=O)(O)OCCS(=O)(=O)c1ccc(Nc2nc(Cl)nc(NC3CC(S(=O)(=O)O)=Cc4cc(S(=O)(=O)O)c(N=Nc5ccc(S(=O)(=O)CCSSCCS(=O)(=O)c6ccc(N=Nc7c(S(=O)(=O)O)cc8cc(S(=O)(=O)O)cc(Nc9nc(Cl)nc(Nc%10ccccc%10)n9)c8c7O)cc6)cc5)c(O)c43)n2)cc1. The van der Waals surface area contributed by atoms with Crippen molar-refractivity contribution in [1.29, 1.82) is 0 Å². The molecule has 1 atom stereocenters. The van der Waals surface area contributed by atoms with Gasteiger partial charge in [0.05, 0.1) is 71.5 Å². The Morgan fingerprint density at radius 2 is 0.925 bits per heavy atom. The average Bonchev–Trinajstić information content (AvgIpc) is 0.751. The lowest BCUT2D eigenvalue weighted by molar-refractivity contribution is 0.283. The Morgan fingerprint density at radius 1 is 0.472 bits per heavy atom. The highest BCUT2D eigenvalue weighted by molar-refractivity contribution is 8.76. The van der Waals surface area contributed by atoms with Crippen molar-refractivity contribution in [3.8, 4) is 11.5 Å². The van der Waals surface area contributed by atoms with Crippen LogP contribution < -0.4 is 21.3 Å². The monoisotopic (exact) mass is 1690 g/mol. The van der Waals surface area contributed by atoms with Crippen LogP contribution in [0, 0.1) is 0 Å². The van der Waals surface area contributed by atoms with Crippen LogP contribution in [0.15, 0.2) is 182 Å². The lowest BCUT2D eigenvalue weighted by Crippen LogP contribution is -2.21. The van der Waals surface area contributed by atoms with Gasteiger partial charge in [-0.2, -0.15) is 82.2 Å². The van der Waals surface area contributed by atoms with E-state index >= 15 is 0 Å². The average molecular weight is 1690 g/mol. The van der Waals surface area contributed by atoms with E-state index in [1.807, 2.05) is 0 Å². The van der Waals surface area contributed by atoms with Crippen molar-refractivity contribution in [1.82, 2.24) is 29.9 Å². The summed E-state index contributed by atoms with van der Waals surface area (Å²) in [6.07, 6.45) is 0.108. The summed E-state index contributed by atoms with van der Waals surface area (Å²) < 4.78 is 255. The lowest BCUT2D eigenvalue weighted by Gasteiger charge is -2.27. The number of phenols is 2. The molecular formula is C56H48Cl2N14O24S10. The summed E-state index contributed by atoms with van der Waals surface area (Å²) in [5.41, 5.74) is -2.43. The number of nitrogens with one attached hydrogen (secondary N) is 4. The molecule has 106 heavy (non-hydrogen) atoms. The molecule has 0 radical (unpaired) electrons. The second-order valence-corrected chi connectivity index (χ2v) is 38.1. The van der Waals surface area contributed by atoms with E-state index in [1.165, 1.54) is 24.3 Å². The van der Waals surface area contributed by atoms with Crippen LogP contribution in [0.2, 0.25) is 10.6 Å². The molecule has 1 unspecified atom stereocenters. The third kappa shape index (κ3) is 20.3. The topological polar surface area (TPSA) is 599 Å². The van der Waals surface area contributed by atoms with Gasteiger partial charge >= 0.3 is 10.4 Å². The molecule has 2 heterocycles. The van der Waals surface area contributed by atoms with E-state index in [4.69, 9.17) is 27.8 Å². The van der Waals surface area contributed by atoms with E-state index in [0.29, 0.717) is 11.8 Å². The second-order valence-electron chi connectivity index (χ2n) is 21.6. The molecule has 2 aromatic heterocycles. The number of benzene rings is 7. The fraction of sp³-hybridized carbons (Fsp3) is 0.143. The first-order chi connectivity index (χ1) is 49.5. The summed E-state index contributed by atoms with van der Waals surface area (Å²) in [7, 11) is -35.8. The van der Waals surface area contributed by atoms with Gasteiger partial charge in [-0.25, -0.2) is 29.4 Å². The van der Waals surface area contributed by atoms with Crippen molar-refractivity contribution in [3.05, 3.63) is 154 Å². The first-order valence-electron chi connectivity index (χ1n) is 29.0. The Hall–Kier alpha value is -8.80. The van der Waals surface area contributed by atoms with E-state index in [9.17, 15) is 95.8 Å². The molecule has 1 aliphatic rings. The van der Waals surface area contributed by atoms with Gasteiger partial charge in [0.25, 0.3) is 40.5 Å². The summed E-state index contributed by atoms with van der Waals surface area (Å²) in [5.74, 6) is -5.05. The minimum Gasteiger partial charge on any atom is -0.505 e. The Bertz CT molecular complexity index is 6050. The summed E-state index contributed by atoms with van der Waals surface area (Å²) in [4.78, 5) is 19.8. The molecule has 11 N–H and O–H groups in total. The summed E-state index contributed by atoms with van der Waals surface area (Å²) >= 11 is 12.4. The number of rotatable bonds is 30. The molecule has 0 amide bonds. The highest BCUT2D eigenvalue weighted by atomic mass is 35.5. The number of azo groups is 2. The lowest BCUT2D eigenvalue weighted by atomic mass is 9.91. The maximum atomic E-state index is 13.4. The molecule has 0 aliphatic heterocycles. The number of hydrogen-bond acceptors (Lipinski definition) is 35. The fourth-order valence-corrected chi connectivity index (χ4v) is 20.0. The smallest absolute Gasteiger partial charge is 0.397 e. The summed E-state index contributed by atoms with van der Waals surface area (Å²) in [6.45, 7) is -0.889. The minimum absolute atomic E-state index is 0.0426. The number of aromatic nitrogens is 6. The molecular weight excluding hydrogens is 1640 g/mol. The van der Waals surface area contributed by atoms with Crippen LogP contribution in [-0.2, 0) is 84.6 Å². The van der Waals surface area contributed by atoms with Gasteiger partial charge in [-0.3, -0.25) is 22.8 Å². The summed E-state index contributed by atoms with van der Waals surface area (Å²) in [5, 5.41) is 48.4. The van der Waals surface area contributed by atoms with Crippen molar-refractivity contribution >= 4 is 206 Å². The first kappa shape index (κ1) is 79.8. The zero-order chi connectivity index (χ0) is 77.1. The van der Waals surface area contributed by atoms with Gasteiger partial charge in [0.2, 0.25) is 34.4 Å². The van der Waals surface area contributed by atoms with E-state index in [0.717, 1.165) is 94.4 Å². The number of para-hydroxylation sites is 1. The van der Waals surface area contributed by atoms with Crippen LogP contribution in [0.3, 0.4) is 0 Å². The van der Waals surface area contributed by atoms with Gasteiger partial charge in [-0.15, -0.1) is 10.2 Å². The quantitative estimate of drug-likeness (QED) is 0.00863. The first-order valence-corrected chi connectivity index (χ1v) is 44.3. The molecule has 0 bridgehead atoms. The van der Waals surface area contributed by atoms with Crippen molar-refractivity contribution < 1.29 is 105 Å². The van der Waals surface area contributed by atoms with Gasteiger partial charge in [0, 0.05) is 40.3 Å². The summed E-state index contributed by atoms with van der Waals surface area (Å²) in [6, 6.07) is 24.0. The number of sulfone groups is 3. The van der Waals surface area contributed by atoms with Crippen LogP contribution in [0.25, 0.3) is 16.8 Å². The normalized spacial score (nSPS) is 14.1. The van der Waals surface area contributed by atoms with E-state index in [-0.39, 0.29) is 88.4 Å². The zero-order valence-electron chi connectivity index (χ0n) is 52.6. The molecule has 0 saturated heterocycles. The molecule has 9 aromatic rings. The maximum absolute atomic E-state index is 13.4.